The van der Waals surface area contributed by atoms with Crippen molar-refractivity contribution in [3.05, 3.63) is 22.7 Å². The van der Waals surface area contributed by atoms with E-state index < -0.39 is 0 Å². The monoisotopic (exact) mass is 150 g/mol. The fraction of sp³-hybridized carbons (Fsp3) is 0.333. The third kappa shape index (κ3) is 2.39. The highest BCUT2D eigenvalue weighted by Crippen LogP contribution is 2.16. The molecule has 0 bridgehead atoms. The van der Waals surface area contributed by atoms with Crippen molar-refractivity contribution in [2.75, 3.05) is 0 Å². The first-order valence-electron chi connectivity index (χ1n) is 2.39. The molecule has 0 aliphatic carbocycles. The molecule has 46 valence electrons. The van der Waals surface area contributed by atoms with Crippen LogP contribution >= 0.6 is 23.2 Å². The second-order valence-corrected chi connectivity index (χ2v) is 2.29. The van der Waals surface area contributed by atoms with Gasteiger partial charge >= 0.3 is 0 Å². The molecule has 0 amide bonds. The summed E-state index contributed by atoms with van der Waals surface area (Å²) < 4.78 is 0.322. The molecule has 0 rings (SSSR count). The van der Waals surface area contributed by atoms with Crippen molar-refractivity contribution in [2.24, 2.45) is 0 Å². The number of hydrogen-bond donors (Lipinski definition) is 0. The second kappa shape index (κ2) is 3.99. The molecule has 2 heteroatoms. The van der Waals surface area contributed by atoms with Gasteiger partial charge in [-0.1, -0.05) is 42.8 Å². The summed E-state index contributed by atoms with van der Waals surface area (Å²) in [5, 5.41) is 0. The van der Waals surface area contributed by atoms with E-state index in [-0.39, 0.29) is 0 Å². The van der Waals surface area contributed by atoms with E-state index in [0.717, 1.165) is 12.0 Å². The Kier molecular flexibility index (Phi) is 4.02. The highest BCUT2D eigenvalue weighted by Gasteiger charge is 1.91. The quantitative estimate of drug-likeness (QED) is 0.531. The third-order valence-corrected chi connectivity index (χ3v) is 1.36. The summed E-state index contributed by atoms with van der Waals surface area (Å²) >= 11 is 10.8. The van der Waals surface area contributed by atoms with Crippen LogP contribution in [0.2, 0.25) is 0 Å². The van der Waals surface area contributed by atoms with Crippen molar-refractivity contribution in [2.45, 2.75) is 13.3 Å². The molecule has 0 nitrogen and oxygen atoms in total. The minimum Gasteiger partial charge on any atom is -0.0987 e. The van der Waals surface area contributed by atoms with Crippen molar-refractivity contribution >= 4 is 23.2 Å². The molecule has 0 unspecified atom stereocenters. The Morgan fingerprint density at radius 1 is 1.62 bits per heavy atom. The summed E-state index contributed by atoms with van der Waals surface area (Å²) in [6, 6.07) is 0. The van der Waals surface area contributed by atoms with Crippen LogP contribution in [0.5, 0.6) is 0 Å². The van der Waals surface area contributed by atoms with Gasteiger partial charge in [0.25, 0.3) is 0 Å². The minimum absolute atomic E-state index is 0.322. The number of rotatable bonds is 2. The maximum atomic E-state index is 5.42. The average molecular weight is 151 g/mol. The minimum atomic E-state index is 0.322. The van der Waals surface area contributed by atoms with Gasteiger partial charge in [0.15, 0.2) is 0 Å². The van der Waals surface area contributed by atoms with E-state index >= 15 is 0 Å². The predicted octanol–water partition coefficient (Wildman–Crippen LogP) is 3.27. The molecular weight excluding hydrogens is 143 g/mol. The number of allylic oxidation sites excluding steroid dienone is 2. The van der Waals surface area contributed by atoms with Crippen molar-refractivity contribution in [1.82, 2.24) is 0 Å². The molecule has 0 aromatic rings. The summed E-state index contributed by atoms with van der Waals surface area (Å²) in [5.41, 5.74) is 0.897. The second-order valence-electron chi connectivity index (χ2n) is 1.34. The van der Waals surface area contributed by atoms with Crippen molar-refractivity contribution in [3.63, 3.8) is 0 Å². The smallest absolute Gasteiger partial charge is 0.0987 e. The van der Waals surface area contributed by atoms with Gasteiger partial charge in [0.05, 0.1) is 0 Å². The van der Waals surface area contributed by atoms with E-state index in [4.69, 9.17) is 23.2 Å². The molecule has 0 atom stereocenters. The first-order chi connectivity index (χ1) is 3.72. The summed E-state index contributed by atoms with van der Waals surface area (Å²) in [5.74, 6) is 0. The van der Waals surface area contributed by atoms with Gasteiger partial charge in [-0.2, -0.15) is 0 Å². The average Bonchev–Trinajstić information content (AvgIpc) is 1.69. The lowest BCUT2D eigenvalue weighted by molar-refractivity contribution is 1.15. The van der Waals surface area contributed by atoms with Gasteiger partial charge in [0, 0.05) is 0 Å². The molecule has 0 aromatic heterocycles. The zero-order valence-electron chi connectivity index (χ0n) is 4.75. The molecule has 0 aromatic carbocycles. The summed E-state index contributed by atoms with van der Waals surface area (Å²) in [6.45, 7) is 5.50. The van der Waals surface area contributed by atoms with E-state index in [9.17, 15) is 0 Å². The van der Waals surface area contributed by atoms with E-state index in [1.165, 1.54) is 0 Å². The van der Waals surface area contributed by atoms with Crippen molar-refractivity contribution in [3.8, 4) is 0 Å². The normalized spacial score (nSPS) is 8.38. The maximum Gasteiger partial charge on any atom is 0.109 e. The first-order valence-corrected chi connectivity index (χ1v) is 3.14. The Labute approximate surface area is 59.8 Å². The Morgan fingerprint density at radius 2 is 2.12 bits per heavy atom. The van der Waals surface area contributed by atoms with Gasteiger partial charge in [-0.3, -0.25) is 0 Å². The largest absolute Gasteiger partial charge is 0.109 e. The van der Waals surface area contributed by atoms with Crippen LogP contribution in [0, 0.1) is 0 Å². The molecule has 0 radical (unpaired) electrons. The molecule has 0 aliphatic heterocycles. The lowest BCUT2D eigenvalue weighted by Crippen LogP contribution is -1.71. The van der Waals surface area contributed by atoms with Gasteiger partial charge < -0.3 is 0 Å². The van der Waals surface area contributed by atoms with Crippen LogP contribution in [0.4, 0.5) is 0 Å². The standard InChI is InChI=1S/C6H8Cl2/c1-3-5(4-2)6(7)8/h3H,1,4H2,2H3. The van der Waals surface area contributed by atoms with Crippen LogP contribution < -0.4 is 0 Å². The van der Waals surface area contributed by atoms with E-state index in [1.807, 2.05) is 6.92 Å². The van der Waals surface area contributed by atoms with Crippen LogP contribution in [0.3, 0.4) is 0 Å². The molecular formula is C6H8Cl2. The van der Waals surface area contributed by atoms with Crippen LogP contribution in [0.25, 0.3) is 0 Å². The first kappa shape index (κ1) is 8.06. The molecule has 0 fully saturated rings. The van der Waals surface area contributed by atoms with Crippen molar-refractivity contribution in [1.29, 1.82) is 0 Å². The third-order valence-electron chi connectivity index (χ3n) is 0.870. The van der Waals surface area contributed by atoms with E-state index in [2.05, 4.69) is 6.58 Å². The predicted molar refractivity (Wildman–Crippen MR) is 39.2 cm³/mol. The lowest BCUT2D eigenvalue weighted by Gasteiger charge is -1.92. The van der Waals surface area contributed by atoms with Crippen LogP contribution in [-0.4, -0.2) is 0 Å². The van der Waals surface area contributed by atoms with Gasteiger partial charge in [-0.15, -0.1) is 0 Å². The Morgan fingerprint density at radius 3 is 2.12 bits per heavy atom. The zero-order chi connectivity index (χ0) is 6.57. The van der Waals surface area contributed by atoms with Gasteiger partial charge in [0.2, 0.25) is 0 Å². The zero-order valence-corrected chi connectivity index (χ0v) is 6.26. The van der Waals surface area contributed by atoms with Crippen molar-refractivity contribution < 1.29 is 0 Å². The Bertz CT molecular complexity index is 110. The summed E-state index contributed by atoms with van der Waals surface area (Å²) in [7, 11) is 0. The van der Waals surface area contributed by atoms with Gasteiger partial charge in [-0.05, 0) is 12.0 Å². The van der Waals surface area contributed by atoms with Crippen LogP contribution in [0.1, 0.15) is 13.3 Å². The molecule has 0 N–H and O–H groups in total. The summed E-state index contributed by atoms with van der Waals surface area (Å²) in [4.78, 5) is 0. The highest BCUT2D eigenvalue weighted by molar-refractivity contribution is 6.56. The molecule has 0 saturated heterocycles. The molecule has 0 heterocycles. The van der Waals surface area contributed by atoms with E-state index in [1.54, 1.807) is 6.08 Å². The molecule has 8 heavy (non-hydrogen) atoms. The number of hydrogen-bond acceptors (Lipinski definition) is 0. The molecule has 0 aliphatic rings. The SMILES string of the molecule is C=CC(CC)=C(Cl)Cl. The number of halogens is 2. The fourth-order valence-electron chi connectivity index (χ4n) is 0.355. The molecule has 0 spiro atoms. The fourth-order valence-corrected chi connectivity index (χ4v) is 0.777. The van der Waals surface area contributed by atoms with Crippen LogP contribution in [0.15, 0.2) is 22.7 Å². The van der Waals surface area contributed by atoms with Crippen LogP contribution in [-0.2, 0) is 0 Å². The Balaban J connectivity index is 4.07. The maximum absolute atomic E-state index is 5.42. The topological polar surface area (TPSA) is 0 Å². The molecule has 0 saturated carbocycles. The lowest BCUT2D eigenvalue weighted by atomic mass is 10.2. The van der Waals surface area contributed by atoms with Gasteiger partial charge in [0.1, 0.15) is 4.49 Å². The summed E-state index contributed by atoms with van der Waals surface area (Å²) in [6.07, 6.45) is 2.50. The highest BCUT2D eigenvalue weighted by atomic mass is 35.5. The Hall–Kier alpha value is 0.0600. The van der Waals surface area contributed by atoms with Gasteiger partial charge in [-0.25, -0.2) is 0 Å². The van der Waals surface area contributed by atoms with E-state index in [0.29, 0.717) is 4.49 Å².